The van der Waals surface area contributed by atoms with Gasteiger partial charge in [0.1, 0.15) is 6.10 Å². The summed E-state index contributed by atoms with van der Waals surface area (Å²) in [5.74, 6) is 0. The molecular weight excluding hydrogens is 260 g/mol. The number of hydrogen-bond acceptors (Lipinski definition) is 5. The Kier molecular flexibility index (Phi) is 4.93. The zero-order valence-electron chi connectivity index (χ0n) is 9.66. The maximum atomic E-state index is 11.5. The number of ether oxygens (including phenoxy) is 1. The van der Waals surface area contributed by atoms with Crippen LogP contribution in [0.5, 0.6) is 0 Å². The summed E-state index contributed by atoms with van der Waals surface area (Å²) in [4.78, 5) is 11.2. The average Bonchev–Trinajstić information content (AvgIpc) is 2.28. The van der Waals surface area contributed by atoms with Crippen molar-refractivity contribution in [2.45, 2.75) is 13.0 Å². The van der Waals surface area contributed by atoms with Crippen LogP contribution in [-0.4, -0.2) is 32.3 Å². The van der Waals surface area contributed by atoms with Crippen LogP contribution < -0.4 is 9.44 Å². The molecule has 7 nitrogen and oxygen atoms in total. The third-order valence-electron chi connectivity index (χ3n) is 1.81. The number of hydrogen-bond donors (Lipinski definition) is 3. The van der Waals surface area contributed by atoms with E-state index in [1.807, 2.05) is 0 Å². The van der Waals surface area contributed by atoms with Crippen LogP contribution in [0.3, 0.4) is 0 Å². The molecule has 1 rings (SSSR count). The van der Waals surface area contributed by atoms with E-state index in [1.54, 1.807) is 22.9 Å². The Morgan fingerprint density at radius 3 is 2.56 bits per heavy atom. The molecule has 18 heavy (non-hydrogen) atoms. The highest BCUT2D eigenvalue weighted by atomic mass is 32.2. The van der Waals surface area contributed by atoms with Crippen LogP contribution in [0, 0.1) is 0 Å². The molecule has 0 aromatic heterocycles. The lowest BCUT2D eigenvalue weighted by molar-refractivity contribution is 0.0719. The molecular formula is C10H14N2O5S. The minimum absolute atomic E-state index is 0.313. The van der Waals surface area contributed by atoms with E-state index in [9.17, 15) is 13.2 Å². The Balaban J connectivity index is 2.58. The predicted molar refractivity (Wildman–Crippen MR) is 65.1 cm³/mol. The van der Waals surface area contributed by atoms with Crippen LogP contribution in [0.25, 0.3) is 0 Å². The standard InChI is InChI=1S/C10H14N2O5S/c1-8(7-13)17-10(14)12-18(15,16)11-9-5-3-2-4-6-9/h2-6,8,11,13H,7H2,1H3,(H,12,14)/t8-/m0/s1. The topological polar surface area (TPSA) is 105 Å². The first-order valence-corrected chi connectivity index (χ1v) is 6.58. The molecule has 0 aliphatic rings. The van der Waals surface area contributed by atoms with Gasteiger partial charge >= 0.3 is 16.3 Å². The highest BCUT2D eigenvalue weighted by Gasteiger charge is 2.17. The second kappa shape index (κ2) is 6.22. The number of rotatable bonds is 5. The van der Waals surface area contributed by atoms with Gasteiger partial charge in [0, 0.05) is 0 Å². The monoisotopic (exact) mass is 274 g/mol. The zero-order chi connectivity index (χ0) is 13.6. The van der Waals surface area contributed by atoms with Gasteiger partial charge in [0.15, 0.2) is 0 Å². The number of aliphatic hydroxyl groups excluding tert-OH is 1. The molecule has 1 aromatic carbocycles. The van der Waals surface area contributed by atoms with Crippen molar-refractivity contribution in [3.63, 3.8) is 0 Å². The van der Waals surface area contributed by atoms with Crippen molar-refractivity contribution in [2.75, 3.05) is 11.3 Å². The van der Waals surface area contributed by atoms with E-state index >= 15 is 0 Å². The molecule has 1 amide bonds. The zero-order valence-corrected chi connectivity index (χ0v) is 10.5. The van der Waals surface area contributed by atoms with Crippen molar-refractivity contribution in [3.05, 3.63) is 30.3 Å². The first-order chi connectivity index (χ1) is 8.43. The molecule has 1 aromatic rings. The fraction of sp³-hybridized carbons (Fsp3) is 0.300. The molecule has 0 aliphatic carbocycles. The molecule has 0 spiro atoms. The summed E-state index contributed by atoms with van der Waals surface area (Å²) in [6, 6.07) is 8.07. The van der Waals surface area contributed by atoms with Crippen molar-refractivity contribution in [1.29, 1.82) is 0 Å². The molecule has 0 heterocycles. The third kappa shape index (κ3) is 5.02. The largest absolute Gasteiger partial charge is 0.443 e. The van der Waals surface area contributed by atoms with E-state index in [0.717, 1.165) is 0 Å². The number of nitrogens with one attached hydrogen (secondary N) is 2. The number of benzene rings is 1. The maximum absolute atomic E-state index is 11.5. The number of anilines is 1. The van der Waals surface area contributed by atoms with Crippen LogP contribution in [0.4, 0.5) is 10.5 Å². The van der Waals surface area contributed by atoms with Crippen molar-refractivity contribution < 1.29 is 23.1 Å². The summed E-state index contributed by atoms with van der Waals surface area (Å²) >= 11 is 0. The minimum atomic E-state index is -4.04. The lowest BCUT2D eigenvalue weighted by atomic mass is 10.3. The number of carbonyl (C=O) groups is 1. The van der Waals surface area contributed by atoms with Crippen LogP contribution in [0.15, 0.2) is 30.3 Å². The van der Waals surface area contributed by atoms with E-state index in [4.69, 9.17) is 5.11 Å². The molecule has 100 valence electrons. The highest BCUT2D eigenvalue weighted by Crippen LogP contribution is 2.06. The van der Waals surface area contributed by atoms with Crippen molar-refractivity contribution in [2.24, 2.45) is 0 Å². The van der Waals surface area contributed by atoms with Gasteiger partial charge in [-0.25, -0.2) is 9.52 Å². The average molecular weight is 274 g/mol. The third-order valence-corrected chi connectivity index (χ3v) is 2.75. The van der Waals surface area contributed by atoms with E-state index in [0.29, 0.717) is 5.69 Å². The minimum Gasteiger partial charge on any atom is -0.443 e. The van der Waals surface area contributed by atoms with Crippen LogP contribution in [0.1, 0.15) is 6.92 Å². The molecule has 0 saturated carbocycles. The summed E-state index contributed by atoms with van der Waals surface area (Å²) in [6.45, 7) is 1.04. The Bertz CT molecular complexity index is 488. The molecule has 0 saturated heterocycles. The van der Waals surface area contributed by atoms with E-state index in [2.05, 4.69) is 9.46 Å². The Morgan fingerprint density at radius 1 is 1.39 bits per heavy atom. The van der Waals surface area contributed by atoms with Gasteiger partial charge in [-0.15, -0.1) is 0 Å². The molecule has 0 fully saturated rings. The second-order valence-electron chi connectivity index (χ2n) is 3.47. The van der Waals surface area contributed by atoms with Gasteiger partial charge in [-0.3, -0.25) is 4.72 Å². The van der Waals surface area contributed by atoms with Gasteiger partial charge in [0.25, 0.3) is 0 Å². The quantitative estimate of drug-likeness (QED) is 0.723. The van der Waals surface area contributed by atoms with Gasteiger partial charge in [-0.1, -0.05) is 18.2 Å². The first-order valence-electron chi connectivity index (χ1n) is 5.10. The van der Waals surface area contributed by atoms with Gasteiger partial charge < -0.3 is 9.84 Å². The number of carbonyl (C=O) groups excluding carboxylic acids is 1. The summed E-state index contributed by atoms with van der Waals surface area (Å²) in [7, 11) is -4.04. The van der Waals surface area contributed by atoms with Gasteiger partial charge in [-0.05, 0) is 19.1 Å². The number of aliphatic hydroxyl groups is 1. The molecule has 0 radical (unpaired) electrons. The Hall–Kier alpha value is -1.80. The lowest BCUT2D eigenvalue weighted by Gasteiger charge is -2.12. The summed E-state index contributed by atoms with van der Waals surface area (Å²) in [5, 5.41) is 8.65. The first kappa shape index (κ1) is 14.3. The summed E-state index contributed by atoms with van der Waals surface area (Å²) in [6.07, 6.45) is -1.93. The second-order valence-corrected chi connectivity index (χ2v) is 4.89. The van der Waals surface area contributed by atoms with E-state index in [-0.39, 0.29) is 6.61 Å². The van der Waals surface area contributed by atoms with Crippen molar-refractivity contribution in [1.82, 2.24) is 4.72 Å². The summed E-state index contributed by atoms with van der Waals surface area (Å²) < 4.78 is 31.3. The van der Waals surface area contributed by atoms with E-state index < -0.39 is 22.4 Å². The Labute approximate surface area is 105 Å². The SMILES string of the molecule is C[C@@H](CO)OC(=O)NS(=O)(=O)Nc1ccccc1. The van der Waals surface area contributed by atoms with Gasteiger partial charge in [0.2, 0.25) is 0 Å². The smallest absolute Gasteiger partial charge is 0.422 e. The van der Waals surface area contributed by atoms with Crippen molar-refractivity contribution in [3.8, 4) is 0 Å². The number of para-hydroxylation sites is 1. The van der Waals surface area contributed by atoms with Gasteiger partial charge in [0.05, 0.1) is 12.3 Å². The maximum Gasteiger partial charge on any atom is 0.422 e. The van der Waals surface area contributed by atoms with Crippen LogP contribution in [-0.2, 0) is 14.9 Å². The fourth-order valence-electron chi connectivity index (χ4n) is 1.04. The van der Waals surface area contributed by atoms with Crippen LogP contribution in [0.2, 0.25) is 0 Å². The highest BCUT2D eigenvalue weighted by molar-refractivity contribution is 7.91. The van der Waals surface area contributed by atoms with Crippen LogP contribution >= 0.6 is 0 Å². The number of amides is 1. The molecule has 8 heteroatoms. The summed E-state index contributed by atoms with van der Waals surface area (Å²) in [5.41, 5.74) is 0.313. The predicted octanol–water partition coefficient (Wildman–Crippen LogP) is 0.450. The molecule has 1 atom stereocenters. The molecule has 3 N–H and O–H groups in total. The normalized spacial score (nSPS) is 12.6. The van der Waals surface area contributed by atoms with Gasteiger partial charge in [-0.2, -0.15) is 8.42 Å². The molecule has 0 unspecified atom stereocenters. The van der Waals surface area contributed by atoms with Crippen molar-refractivity contribution >= 4 is 22.0 Å². The van der Waals surface area contributed by atoms with E-state index in [1.165, 1.54) is 19.1 Å². The Morgan fingerprint density at radius 2 is 2.00 bits per heavy atom. The lowest BCUT2D eigenvalue weighted by Crippen LogP contribution is -2.37. The molecule has 0 aliphatic heterocycles. The fourth-order valence-corrected chi connectivity index (χ4v) is 1.81. The molecule has 0 bridgehead atoms.